The van der Waals surface area contributed by atoms with Gasteiger partial charge >= 0.3 is 0 Å². The molecule has 0 heterocycles. The molecule has 0 radical (unpaired) electrons. The molecule has 0 fully saturated rings. The predicted molar refractivity (Wildman–Crippen MR) is 74.9 cm³/mol. The first kappa shape index (κ1) is 16.0. The summed E-state index contributed by atoms with van der Waals surface area (Å²) in [5, 5.41) is 14.0. The largest absolute Gasteiger partial charge is 0.354 e. The van der Waals surface area contributed by atoms with Gasteiger partial charge < -0.3 is 14.8 Å². The van der Waals surface area contributed by atoms with Crippen molar-refractivity contribution in [2.45, 2.75) is 25.8 Å². The molecule has 1 atom stereocenters. The molecule has 0 aliphatic carbocycles. The second-order valence-electron chi connectivity index (χ2n) is 4.05. The van der Waals surface area contributed by atoms with Crippen molar-refractivity contribution in [2.24, 2.45) is 0 Å². The van der Waals surface area contributed by atoms with E-state index < -0.39 is 4.92 Å². The lowest BCUT2D eigenvalue weighted by molar-refractivity contribution is -0.385. The minimum atomic E-state index is -0.413. The number of nitrogens with one attached hydrogen (secondary N) is 1. The molecule has 1 N–H and O–H groups in total. The molecule has 0 amide bonds. The maximum absolute atomic E-state index is 10.8. The van der Waals surface area contributed by atoms with Gasteiger partial charge in [0, 0.05) is 26.8 Å². The van der Waals surface area contributed by atoms with Crippen molar-refractivity contribution in [3.8, 4) is 0 Å². The van der Waals surface area contributed by atoms with Crippen molar-refractivity contribution in [3.05, 3.63) is 38.3 Å². The van der Waals surface area contributed by atoms with Gasteiger partial charge in [0.15, 0.2) is 6.29 Å². The minimum Gasteiger partial charge on any atom is -0.354 e. The Morgan fingerprint density at radius 2 is 2.05 bits per heavy atom. The molecule has 1 rings (SSSR count). The Kier molecular flexibility index (Phi) is 6.36. The zero-order valence-corrected chi connectivity index (χ0v) is 12.6. The number of methoxy groups -OCH3 is 2. The van der Waals surface area contributed by atoms with Crippen LogP contribution in [0.3, 0.4) is 0 Å². The molecule has 106 valence electrons. The first-order valence-corrected chi connectivity index (χ1v) is 6.50. The fraction of sp³-hybridized carbons (Fsp3) is 0.500. The Labute approximate surface area is 120 Å². The van der Waals surface area contributed by atoms with Crippen LogP contribution >= 0.6 is 15.9 Å². The summed E-state index contributed by atoms with van der Waals surface area (Å²) in [4.78, 5) is 10.4. The SMILES string of the molecule is COC(OC)C(C)NCc1ccc(Br)c([N+](=O)[O-])c1. The number of nitro benzene ring substituents is 1. The first-order chi connectivity index (χ1) is 8.99. The summed E-state index contributed by atoms with van der Waals surface area (Å²) < 4.78 is 10.7. The number of halogens is 1. The van der Waals surface area contributed by atoms with Crippen LogP contribution in [0.5, 0.6) is 0 Å². The first-order valence-electron chi connectivity index (χ1n) is 5.71. The van der Waals surface area contributed by atoms with Crippen molar-refractivity contribution in [1.82, 2.24) is 5.32 Å². The number of nitrogens with zero attached hydrogens (tertiary/aromatic N) is 1. The molecule has 1 aromatic rings. The number of hydrogen-bond donors (Lipinski definition) is 1. The van der Waals surface area contributed by atoms with Crippen LogP contribution in [0.15, 0.2) is 22.7 Å². The lowest BCUT2D eigenvalue weighted by Gasteiger charge is -2.22. The average molecular weight is 333 g/mol. The molecule has 0 aliphatic rings. The van der Waals surface area contributed by atoms with E-state index in [-0.39, 0.29) is 18.0 Å². The minimum absolute atomic E-state index is 0.0299. The van der Waals surface area contributed by atoms with Crippen molar-refractivity contribution in [1.29, 1.82) is 0 Å². The summed E-state index contributed by atoms with van der Waals surface area (Å²) in [6.45, 7) is 2.42. The summed E-state index contributed by atoms with van der Waals surface area (Å²) in [7, 11) is 3.13. The van der Waals surface area contributed by atoms with E-state index in [4.69, 9.17) is 9.47 Å². The third-order valence-electron chi connectivity index (χ3n) is 2.71. The van der Waals surface area contributed by atoms with E-state index in [0.29, 0.717) is 11.0 Å². The maximum Gasteiger partial charge on any atom is 0.283 e. The van der Waals surface area contributed by atoms with E-state index in [9.17, 15) is 10.1 Å². The van der Waals surface area contributed by atoms with Gasteiger partial charge in [-0.1, -0.05) is 6.07 Å². The van der Waals surface area contributed by atoms with Gasteiger partial charge in [0.05, 0.1) is 15.4 Å². The molecule has 0 aromatic heterocycles. The molecular formula is C12H17BrN2O4. The average Bonchev–Trinajstić information content (AvgIpc) is 2.38. The zero-order valence-electron chi connectivity index (χ0n) is 11.1. The van der Waals surface area contributed by atoms with E-state index in [1.807, 2.05) is 13.0 Å². The second kappa shape index (κ2) is 7.54. The molecular weight excluding hydrogens is 316 g/mol. The summed E-state index contributed by atoms with van der Waals surface area (Å²) >= 11 is 3.15. The molecule has 0 saturated carbocycles. The normalized spacial score (nSPS) is 12.7. The molecule has 19 heavy (non-hydrogen) atoms. The third-order valence-corrected chi connectivity index (χ3v) is 3.38. The number of nitro groups is 1. The quantitative estimate of drug-likeness (QED) is 0.471. The highest BCUT2D eigenvalue weighted by Gasteiger charge is 2.16. The van der Waals surface area contributed by atoms with E-state index >= 15 is 0 Å². The van der Waals surface area contributed by atoms with Crippen LogP contribution in [0.25, 0.3) is 0 Å². The lowest BCUT2D eigenvalue weighted by Crippen LogP contribution is -2.39. The Bertz CT molecular complexity index is 438. The van der Waals surface area contributed by atoms with E-state index in [0.717, 1.165) is 5.56 Å². The van der Waals surface area contributed by atoms with Crippen LogP contribution in [0.1, 0.15) is 12.5 Å². The summed E-state index contributed by atoms with van der Waals surface area (Å²) in [6.07, 6.45) is -0.356. The number of hydrogen-bond acceptors (Lipinski definition) is 5. The fourth-order valence-corrected chi connectivity index (χ4v) is 2.08. The standard InChI is InChI=1S/C12H17BrN2O4/c1-8(12(18-2)19-3)14-7-9-4-5-10(13)11(6-9)15(16)17/h4-6,8,12,14H,7H2,1-3H3. The van der Waals surface area contributed by atoms with Crippen molar-refractivity contribution in [2.75, 3.05) is 14.2 Å². The van der Waals surface area contributed by atoms with E-state index in [1.54, 1.807) is 26.4 Å². The van der Waals surface area contributed by atoms with Gasteiger partial charge in [-0.3, -0.25) is 10.1 Å². The molecule has 7 heteroatoms. The molecule has 0 spiro atoms. The monoisotopic (exact) mass is 332 g/mol. The lowest BCUT2D eigenvalue weighted by atomic mass is 10.2. The summed E-state index contributed by atoms with van der Waals surface area (Å²) in [5.41, 5.74) is 0.884. The summed E-state index contributed by atoms with van der Waals surface area (Å²) in [6, 6.07) is 5.01. The highest BCUT2D eigenvalue weighted by atomic mass is 79.9. The van der Waals surface area contributed by atoms with Crippen LogP contribution in [-0.4, -0.2) is 31.5 Å². The summed E-state index contributed by atoms with van der Waals surface area (Å²) in [5.74, 6) is 0. The molecule has 0 aliphatic heterocycles. The molecule has 6 nitrogen and oxygen atoms in total. The Balaban J connectivity index is 2.68. The second-order valence-corrected chi connectivity index (χ2v) is 4.91. The van der Waals surface area contributed by atoms with Gasteiger partial charge in [-0.2, -0.15) is 0 Å². The van der Waals surface area contributed by atoms with Crippen LogP contribution < -0.4 is 5.32 Å². The van der Waals surface area contributed by atoms with Crippen molar-refractivity contribution in [3.63, 3.8) is 0 Å². The Morgan fingerprint density at radius 1 is 1.42 bits per heavy atom. The van der Waals surface area contributed by atoms with Crippen molar-refractivity contribution < 1.29 is 14.4 Å². The van der Waals surface area contributed by atoms with Gasteiger partial charge in [0.1, 0.15) is 0 Å². The van der Waals surface area contributed by atoms with Crippen LogP contribution in [0.4, 0.5) is 5.69 Å². The smallest absolute Gasteiger partial charge is 0.283 e. The van der Waals surface area contributed by atoms with E-state index in [2.05, 4.69) is 21.2 Å². The Morgan fingerprint density at radius 3 is 2.58 bits per heavy atom. The van der Waals surface area contributed by atoms with Gasteiger partial charge in [-0.15, -0.1) is 0 Å². The predicted octanol–water partition coefficient (Wildman–Crippen LogP) is 2.45. The van der Waals surface area contributed by atoms with Gasteiger partial charge in [0.2, 0.25) is 0 Å². The topological polar surface area (TPSA) is 73.6 Å². The molecule has 0 bridgehead atoms. The van der Waals surface area contributed by atoms with Gasteiger partial charge in [-0.05, 0) is 34.5 Å². The third kappa shape index (κ3) is 4.54. The van der Waals surface area contributed by atoms with Crippen LogP contribution in [0.2, 0.25) is 0 Å². The highest BCUT2D eigenvalue weighted by molar-refractivity contribution is 9.10. The van der Waals surface area contributed by atoms with Gasteiger partial charge in [-0.25, -0.2) is 0 Å². The van der Waals surface area contributed by atoms with Gasteiger partial charge in [0.25, 0.3) is 5.69 Å². The molecule has 1 unspecified atom stereocenters. The number of ether oxygens (including phenoxy) is 2. The number of benzene rings is 1. The number of rotatable bonds is 7. The van der Waals surface area contributed by atoms with Crippen LogP contribution in [0, 0.1) is 10.1 Å². The molecule has 0 saturated heterocycles. The Hall–Kier alpha value is -1.02. The maximum atomic E-state index is 10.8. The highest BCUT2D eigenvalue weighted by Crippen LogP contribution is 2.25. The van der Waals surface area contributed by atoms with E-state index in [1.165, 1.54) is 0 Å². The van der Waals surface area contributed by atoms with Crippen molar-refractivity contribution >= 4 is 21.6 Å². The van der Waals surface area contributed by atoms with Crippen LogP contribution in [-0.2, 0) is 16.0 Å². The zero-order chi connectivity index (χ0) is 14.4. The molecule has 1 aromatic carbocycles. The fourth-order valence-electron chi connectivity index (χ4n) is 1.69.